The zero-order valence-electron chi connectivity index (χ0n) is 15.9. The van der Waals surface area contributed by atoms with Gasteiger partial charge < -0.3 is 20.6 Å². The first-order valence-electron chi connectivity index (χ1n) is 9.13. The summed E-state index contributed by atoms with van der Waals surface area (Å²) in [5.41, 5.74) is -1.57. The number of hydrogen-bond acceptors (Lipinski definition) is 5. The Balaban J connectivity index is 1.51. The summed E-state index contributed by atoms with van der Waals surface area (Å²) in [5.74, 6) is -3.65. The van der Waals surface area contributed by atoms with Crippen molar-refractivity contribution in [3.05, 3.63) is 68.5 Å². The standard InChI is InChI=1S/C20H16F3IN4O2S/c21-13-3-2-12(17(16(13)23)27-15-4-1-11(24)7-14(15)22)18(29)28-9-20(30,10-28)8-26-19-25-5-6-31-19/h1-7,27,30H,8-10H2,(H,25,26)/p+1. The van der Waals surface area contributed by atoms with Gasteiger partial charge in [0.05, 0.1) is 36.6 Å². The Morgan fingerprint density at radius 2 is 2.00 bits per heavy atom. The fraction of sp³-hybridized carbons (Fsp3) is 0.200. The summed E-state index contributed by atoms with van der Waals surface area (Å²) in [5, 5.41) is 16.5. The molecule has 1 aromatic heterocycles. The molecule has 6 nitrogen and oxygen atoms in total. The average molecular weight is 561 g/mol. The summed E-state index contributed by atoms with van der Waals surface area (Å²) in [6, 6.07) is 6.24. The smallest absolute Gasteiger partial charge is 0.256 e. The molecule has 162 valence electrons. The van der Waals surface area contributed by atoms with Gasteiger partial charge in [0.1, 0.15) is 5.82 Å². The van der Waals surface area contributed by atoms with E-state index in [1.54, 1.807) is 12.3 Å². The zero-order chi connectivity index (χ0) is 22.2. The predicted molar refractivity (Wildman–Crippen MR) is 122 cm³/mol. The normalized spacial score (nSPS) is 14.8. The zero-order valence-corrected chi connectivity index (χ0v) is 18.9. The lowest BCUT2D eigenvalue weighted by atomic mass is 9.93. The summed E-state index contributed by atoms with van der Waals surface area (Å²) >= 11 is 3.34. The first-order valence-corrected chi connectivity index (χ1v) is 11.1. The second-order valence-electron chi connectivity index (χ2n) is 7.17. The highest BCUT2D eigenvalue weighted by molar-refractivity contribution is 14.1. The molecule has 2 aromatic carbocycles. The Morgan fingerprint density at radius 3 is 2.68 bits per heavy atom. The van der Waals surface area contributed by atoms with Crippen molar-refractivity contribution in [2.45, 2.75) is 5.60 Å². The summed E-state index contributed by atoms with van der Waals surface area (Å²) in [6.07, 6.45) is 1.65. The van der Waals surface area contributed by atoms with Gasteiger partial charge in [0.2, 0.25) is 5.60 Å². The summed E-state index contributed by atoms with van der Waals surface area (Å²) in [7, 11) is 0. The second kappa shape index (κ2) is 8.63. The molecule has 11 heteroatoms. The fourth-order valence-electron chi connectivity index (χ4n) is 3.24. The van der Waals surface area contributed by atoms with Crippen molar-refractivity contribution in [2.75, 3.05) is 30.3 Å². The van der Waals surface area contributed by atoms with Crippen LogP contribution >= 0.6 is 33.9 Å². The first kappa shape index (κ1) is 21.8. The number of benzene rings is 2. The largest absolute Gasteiger partial charge is 0.437 e. The van der Waals surface area contributed by atoms with Gasteiger partial charge in [0.25, 0.3) is 5.91 Å². The lowest BCUT2D eigenvalue weighted by molar-refractivity contribution is -0.0706. The van der Waals surface area contributed by atoms with Gasteiger partial charge in [-0.05, 0) is 52.9 Å². The number of halogens is 4. The summed E-state index contributed by atoms with van der Waals surface area (Å²) < 4.78 is 43.3. The van der Waals surface area contributed by atoms with Crippen molar-refractivity contribution < 1.29 is 23.1 Å². The maximum atomic E-state index is 14.5. The topological polar surface area (TPSA) is 80.2 Å². The maximum absolute atomic E-state index is 14.5. The van der Waals surface area contributed by atoms with Crippen molar-refractivity contribution in [2.24, 2.45) is 0 Å². The Hall–Kier alpha value is -2.38. The van der Waals surface area contributed by atoms with Crippen molar-refractivity contribution in [3.8, 4) is 0 Å². The molecule has 2 heterocycles. The van der Waals surface area contributed by atoms with Crippen LogP contribution in [0.5, 0.6) is 0 Å². The predicted octanol–water partition coefficient (Wildman–Crippen LogP) is 3.94. The minimum Gasteiger partial charge on any atom is -0.437 e. The van der Waals surface area contributed by atoms with Crippen molar-refractivity contribution in [1.29, 1.82) is 0 Å². The minimum absolute atomic E-state index is 0.0786. The number of carbonyl (C=O) groups excluding carboxylic acids is 1. The molecule has 1 aliphatic heterocycles. The van der Waals surface area contributed by atoms with E-state index in [-0.39, 0.29) is 24.3 Å². The molecule has 0 saturated carbocycles. The third kappa shape index (κ3) is 4.62. The number of carbonyl (C=O) groups is 1. The minimum atomic E-state index is -1.27. The van der Waals surface area contributed by atoms with Crippen LogP contribution in [0.2, 0.25) is 0 Å². The number of likely N-dealkylation sites (tertiary alicyclic amines) is 1. The molecular formula is C20H17F3IN4O2S+. The molecule has 1 aliphatic rings. The van der Waals surface area contributed by atoms with Crippen LogP contribution in [-0.4, -0.2) is 46.1 Å². The monoisotopic (exact) mass is 561 g/mol. The van der Waals surface area contributed by atoms with Crippen LogP contribution in [-0.2, 0) is 0 Å². The van der Waals surface area contributed by atoms with Gasteiger partial charge in [-0.1, -0.05) is 0 Å². The summed E-state index contributed by atoms with van der Waals surface area (Å²) in [6.45, 7) is 0.516. The second-order valence-corrected chi connectivity index (χ2v) is 9.31. The van der Waals surface area contributed by atoms with Gasteiger partial charge in [0, 0.05) is 15.1 Å². The lowest BCUT2D eigenvalue weighted by Gasteiger charge is -2.42. The number of amides is 1. The molecule has 1 saturated heterocycles. The van der Waals surface area contributed by atoms with Crippen LogP contribution in [0.1, 0.15) is 10.4 Å². The molecule has 0 bridgehead atoms. The van der Waals surface area contributed by atoms with E-state index in [9.17, 15) is 18.0 Å². The molecule has 0 aliphatic carbocycles. The van der Waals surface area contributed by atoms with E-state index in [1.165, 1.54) is 28.4 Å². The number of hydrogen-bond donors (Lipinski definition) is 2. The van der Waals surface area contributed by atoms with E-state index < -0.39 is 34.6 Å². The van der Waals surface area contributed by atoms with Crippen LogP contribution in [0, 0.1) is 21.0 Å². The highest BCUT2D eigenvalue weighted by atomic mass is 127. The number of anilines is 3. The van der Waals surface area contributed by atoms with Gasteiger partial charge in [0.15, 0.2) is 16.8 Å². The van der Waals surface area contributed by atoms with Crippen molar-refractivity contribution >= 4 is 56.3 Å². The SMILES string of the molecule is O=C(c1ccc(F)c(F)c1Nc1ccc(I)cc1F)N1CC([OH2+])(CNc2nccs2)C1. The highest BCUT2D eigenvalue weighted by Crippen LogP contribution is 2.32. The third-order valence-electron chi connectivity index (χ3n) is 4.80. The molecule has 1 fully saturated rings. The van der Waals surface area contributed by atoms with E-state index in [2.05, 4.69) is 15.6 Å². The summed E-state index contributed by atoms with van der Waals surface area (Å²) in [4.78, 5) is 18.4. The molecule has 4 N–H and O–H groups in total. The van der Waals surface area contributed by atoms with Crippen molar-refractivity contribution in [3.63, 3.8) is 0 Å². The molecule has 0 spiro atoms. The molecule has 31 heavy (non-hydrogen) atoms. The number of nitrogens with one attached hydrogen (secondary N) is 2. The van der Waals surface area contributed by atoms with E-state index >= 15 is 0 Å². The lowest BCUT2D eigenvalue weighted by Crippen LogP contribution is -2.66. The van der Waals surface area contributed by atoms with Crippen LogP contribution < -0.4 is 10.6 Å². The van der Waals surface area contributed by atoms with Gasteiger partial charge in [-0.25, -0.2) is 18.2 Å². The van der Waals surface area contributed by atoms with Gasteiger partial charge >= 0.3 is 0 Å². The van der Waals surface area contributed by atoms with E-state index in [0.29, 0.717) is 15.2 Å². The Morgan fingerprint density at radius 1 is 1.23 bits per heavy atom. The molecule has 1 amide bonds. The Bertz CT molecular complexity index is 1120. The number of thiazole rings is 1. The van der Waals surface area contributed by atoms with Crippen molar-refractivity contribution in [1.82, 2.24) is 9.88 Å². The van der Waals surface area contributed by atoms with E-state index in [4.69, 9.17) is 5.11 Å². The molecule has 4 rings (SSSR count). The van der Waals surface area contributed by atoms with Crippen LogP contribution in [0.4, 0.5) is 29.7 Å². The fourth-order valence-corrected chi connectivity index (χ4v) is 4.22. The number of rotatable bonds is 6. The molecule has 3 aromatic rings. The maximum Gasteiger partial charge on any atom is 0.256 e. The molecule has 0 atom stereocenters. The average Bonchev–Trinajstić information content (AvgIpc) is 3.23. The highest BCUT2D eigenvalue weighted by Gasteiger charge is 2.49. The van der Waals surface area contributed by atoms with E-state index in [0.717, 1.165) is 12.1 Å². The quantitative estimate of drug-likeness (QED) is 0.353. The third-order valence-corrected chi connectivity index (χ3v) is 6.20. The van der Waals surface area contributed by atoms with Gasteiger partial charge in [-0.15, -0.1) is 11.3 Å². The van der Waals surface area contributed by atoms with Crippen LogP contribution in [0.3, 0.4) is 0 Å². The molecule has 0 unspecified atom stereocenters. The number of nitrogens with zero attached hydrogens (tertiary/aromatic N) is 2. The van der Waals surface area contributed by atoms with Crippen LogP contribution in [0.15, 0.2) is 41.9 Å². The van der Waals surface area contributed by atoms with E-state index in [1.807, 2.05) is 28.0 Å². The van der Waals surface area contributed by atoms with Gasteiger partial charge in [-0.3, -0.25) is 4.79 Å². The molecular weight excluding hydrogens is 544 g/mol. The first-order chi connectivity index (χ1) is 14.8. The van der Waals surface area contributed by atoms with Gasteiger partial charge in [-0.2, -0.15) is 0 Å². The Labute approximate surface area is 193 Å². The number of aromatic nitrogens is 1. The Kier molecular flexibility index (Phi) is 6.08. The van der Waals surface area contributed by atoms with Crippen LogP contribution in [0.25, 0.3) is 0 Å². The molecule has 0 radical (unpaired) electrons.